The minimum Gasteiger partial charge on any atom is -0.338 e. The summed E-state index contributed by atoms with van der Waals surface area (Å²) in [5.41, 5.74) is 1.91. The van der Waals surface area contributed by atoms with E-state index in [9.17, 15) is 4.79 Å². The maximum absolute atomic E-state index is 13.1. The van der Waals surface area contributed by atoms with E-state index in [1.54, 1.807) is 23.1 Å². The molecule has 1 aromatic heterocycles. The summed E-state index contributed by atoms with van der Waals surface area (Å²) < 4.78 is 0. The van der Waals surface area contributed by atoms with E-state index in [0.717, 1.165) is 53.0 Å². The van der Waals surface area contributed by atoms with Crippen LogP contribution >= 0.6 is 23.1 Å². The standard InChI is InChI=1S/C19H25N3OS2/c1-14-21-16(12-24-14)13-25-18-8-4-3-7-17(18)19(23)22-9-5-6-15(11-22)10-20-2/h3-4,7-8,12,15,20H,5-6,9-11,13H2,1-2H3. The molecule has 1 amide bonds. The Morgan fingerprint density at radius 2 is 2.28 bits per heavy atom. The average molecular weight is 376 g/mol. The van der Waals surface area contributed by atoms with Gasteiger partial charge in [-0.05, 0) is 51.4 Å². The minimum absolute atomic E-state index is 0.165. The van der Waals surface area contributed by atoms with Gasteiger partial charge < -0.3 is 10.2 Å². The van der Waals surface area contributed by atoms with Gasteiger partial charge in [0.25, 0.3) is 5.91 Å². The van der Waals surface area contributed by atoms with E-state index >= 15 is 0 Å². The van der Waals surface area contributed by atoms with Gasteiger partial charge in [-0.15, -0.1) is 23.1 Å². The molecule has 25 heavy (non-hydrogen) atoms. The van der Waals surface area contributed by atoms with Crippen LogP contribution in [0.15, 0.2) is 34.5 Å². The molecule has 1 N–H and O–H groups in total. The molecule has 1 aliphatic heterocycles. The zero-order valence-corrected chi connectivity index (χ0v) is 16.5. The second kappa shape index (κ2) is 8.83. The van der Waals surface area contributed by atoms with Gasteiger partial charge in [-0.25, -0.2) is 4.98 Å². The molecule has 0 saturated carbocycles. The molecule has 1 unspecified atom stereocenters. The van der Waals surface area contributed by atoms with E-state index in [1.807, 2.05) is 43.1 Å². The third kappa shape index (κ3) is 4.84. The van der Waals surface area contributed by atoms with Crippen molar-refractivity contribution in [1.29, 1.82) is 0 Å². The van der Waals surface area contributed by atoms with Gasteiger partial charge >= 0.3 is 0 Å². The number of rotatable bonds is 6. The van der Waals surface area contributed by atoms with Crippen LogP contribution in [0.1, 0.15) is 33.9 Å². The van der Waals surface area contributed by atoms with Gasteiger partial charge in [0, 0.05) is 29.1 Å². The first-order valence-corrected chi connectivity index (χ1v) is 10.6. The summed E-state index contributed by atoms with van der Waals surface area (Å²) >= 11 is 3.37. The Morgan fingerprint density at radius 3 is 3.04 bits per heavy atom. The number of nitrogens with one attached hydrogen (secondary N) is 1. The molecular weight excluding hydrogens is 350 g/mol. The average Bonchev–Trinajstić information content (AvgIpc) is 3.05. The van der Waals surface area contributed by atoms with Gasteiger partial charge in [0.15, 0.2) is 0 Å². The van der Waals surface area contributed by atoms with Crippen molar-refractivity contribution in [1.82, 2.24) is 15.2 Å². The second-order valence-corrected chi connectivity index (χ2v) is 8.54. The number of aryl methyl sites for hydroxylation is 1. The van der Waals surface area contributed by atoms with Crippen LogP contribution in [0, 0.1) is 12.8 Å². The van der Waals surface area contributed by atoms with Crippen molar-refractivity contribution in [2.45, 2.75) is 30.4 Å². The molecule has 1 saturated heterocycles. The molecule has 2 aromatic rings. The number of piperidine rings is 1. The summed E-state index contributed by atoms with van der Waals surface area (Å²) in [5, 5.41) is 6.42. The third-order valence-electron chi connectivity index (χ3n) is 4.46. The minimum atomic E-state index is 0.165. The summed E-state index contributed by atoms with van der Waals surface area (Å²) in [5.74, 6) is 1.52. The molecule has 4 nitrogen and oxygen atoms in total. The smallest absolute Gasteiger partial charge is 0.254 e. The van der Waals surface area contributed by atoms with Crippen molar-refractivity contribution < 1.29 is 4.79 Å². The van der Waals surface area contributed by atoms with Crippen LogP contribution in [0.4, 0.5) is 0 Å². The van der Waals surface area contributed by atoms with E-state index in [2.05, 4.69) is 15.7 Å². The Kier molecular flexibility index (Phi) is 6.51. The molecule has 134 valence electrons. The number of likely N-dealkylation sites (tertiary alicyclic amines) is 1. The molecule has 0 bridgehead atoms. The van der Waals surface area contributed by atoms with Gasteiger partial charge in [0.2, 0.25) is 0 Å². The van der Waals surface area contributed by atoms with Crippen LogP contribution in [0.3, 0.4) is 0 Å². The number of carbonyl (C=O) groups is 1. The number of thiazole rings is 1. The van der Waals surface area contributed by atoms with E-state index in [4.69, 9.17) is 0 Å². The normalized spacial score (nSPS) is 17.7. The lowest BCUT2D eigenvalue weighted by Gasteiger charge is -2.33. The lowest BCUT2D eigenvalue weighted by molar-refractivity contribution is 0.0670. The topological polar surface area (TPSA) is 45.2 Å². The number of amides is 1. The zero-order chi connectivity index (χ0) is 17.6. The van der Waals surface area contributed by atoms with Crippen LogP contribution in [0.5, 0.6) is 0 Å². The Morgan fingerprint density at radius 1 is 1.44 bits per heavy atom. The number of hydrogen-bond acceptors (Lipinski definition) is 5. The number of hydrogen-bond donors (Lipinski definition) is 1. The molecule has 1 atom stereocenters. The molecule has 1 fully saturated rings. The molecule has 1 aliphatic rings. The van der Waals surface area contributed by atoms with E-state index < -0.39 is 0 Å². The molecule has 0 radical (unpaired) electrons. The first kappa shape index (κ1) is 18.4. The largest absolute Gasteiger partial charge is 0.338 e. The number of nitrogens with zero attached hydrogens (tertiary/aromatic N) is 2. The molecular formula is C19H25N3OS2. The lowest BCUT2D eigenvalue weighted by atomic mass is 9.97. The van der Waals surface area contributed by atoms with Crippen molar-refractivity contribution >= 4 is 29.0 Å². The van der Waals surface area contributed by atoms with Gasteiger partial charge in [-0.2, -0.15) is 0 Å². The summed E-state index contributed by atoms with van der Waals surface area (Å²) in [6, 6.07) is 7.97. The van der Waals surface area contributed by atoms with Crippen LogP contribution in [-0.2, 0) is 5.75 Å². The summed E-state index contributed by atoms with van der Waals surface area (Å²) in [6.45, 7) is 4.71. The van der Waals surface area contributed by atoms with E-state index in [0.29, 0.717) is 5.92 Å². The van der Waals surface area contributed by atoms with Gasteiger partial charge in [0.1, 0.15) is 0 Å². The van der Waals surface area contributed by atoms with Crippen LogP contribution < -0.4 is 5.32 Å². The molecule has 6 heteroatoms. The van der Waals surface area contributed by atoms with Crippen molar-refractivity contribution in [3.63, 3.8) is 0 Å². The molecule has 0 aliphatic carbocycles. The van der Waals surface area contributed by atoms with Crippen molar-refractivity contribution in [2.24, 2.45) is 5.92 Å². The third-order valence-corrected chi connectivity index (χ3v) is 6.39. The monoisotopic (exact) mass is 375 g/mol. The van der Waals surface area contributed by atoms with Gasteiger partial charge in [0.05, 0.1) is 16.3 Å². The Hall–Kier alpha value is -1.37. The predicted octanol–water partition coefficient (Wildman–Crippen LogP) is 3.82. The van der Waals surface area contributed by atoms with E-state index in [-0.39, 0.29) is 5.91 Å². The van der Waals surface area contributed by atoms with Crippen LogP contribution in [-0.4, -0.2) is 42.5 Å². The maximum atomic E-state index is 13.1. The number of carbonyl (C=O) groups excluding carboxylic acids is 1. The van der Waals surface area contributed by atoms with Crippen LogP contribution in [0.2, 0.25) is 0 Å². The fraction of sp³-hybridized carbons (Fsp3) is 0.474. The lowest BCUT2D eigenvalue weighted by Crippen LogP contribution is -2.42. The van der Waals surface area contributed by atoms with Crippen molar-refractivity contribution in [3.8, 4) is 0 Å². The fourth-order valence-corrected chi connectivity index (χ4v) is 4.93. The Balaban J connectivity index is 1.69. The molecule has 3 rings (SSSR count). The highest BCUT2D eigenvalue weighted by molar-refractivity contribution is 7.98. The SMILES string of the molecule is CNCC1CCCN(C(=O)c2ccccc2SCc2csc(C)n2)C1. The Bertz CT molecular complexity index is 714. The molecule has 2 heterocycles. The highest BCUT2D eigenvalue weighted by Crippen LogP contribution is 2.28. The first-order valence-electron chi connectivity index (χ1n) is 8.74. The highest BCUT2D eigenvalue weighted by Gasteiger charge is 2.25. The molecule has 1 aromatic carbocycles. The number of benzene rings is 1. The number of thioether (sulfide) groups is 1. The maximum Gasteiger partial charge on any atom is 0.254 e. The van der Waals surface area contributed by atoms with Crippen molar-refractivity contribution in [3.05, 3.63) is 45.9 Å². The predicted molar refractivity (Wildman–Crippen MR) is 105 cm³/mol. The van der Waals surface area contributed by atoms with Gasteiger partial charge in [-0.3, -0.25) is 4.79 Å². The van der Waals surface area contributed by atoms with Crippen molar-refractivity contribution in [2.75, 3.05) is 26.7 Å². The van der Waals surface area contributed by atoms with E-state index in [1.165, 1.54) is 6.42 Å². The summed E-state index contributed by atoms with van der Waals surface area (Å²) in [4.78, 5) is 20.7. The first-order chi connectivity index (χ1) is 12.2. The summed E-state index contributed by atoms with van der Waals surface area (Å²) in [6.07, 6.45) is 2.29. The second-order valence-electron chi connectivity index (χ2n) is 6.46. The van der Waals surface area contributed by atoms with Crippen LogP contribution in [0.25, 0.3) is 0 Å². The highest BCUT2D eigenvalue weighted by atomic mass is 32.2. The number of aromatic nitrogens is 1. The Labute approximate surface area is 158 Å². The van der Waals surface area contributed by atoms with Gasteiger partial charge in [-0.1, -0.05) is 12.1 Å². The molecule has 0 spiro atoms. The zero-order valence-electron chi connectivity index (χ0n) is 14.8. The summed E-state index contributed by atoms with van der Waals surface area (Å²) in [7, 11) is 1.98. The quantitative estimate of drug-likeness (QED) is 0.780. The fourth-order valence-electron chi connectivity index (χ4n) is 3.27.